The molecular weight excluding hydrogens is 286 g/mol. The Morgan fingerprint density at radius 3 is 2.32 bits per heavy atom. The van der Waals surface area contributed by atoms with E-state index in [1.807, 2.05) is 0 Å². The van der Waals surface area contributed by atoms with Crippen molar-refractivity contribution in [3.8, 4) is 0 Å². The number of ether oxygens (including phenoxy) is 2. The van der Waals surface area contributed by atoms with E-state index in [-0.39, 0.29) is 11.5 Å². The van der Waals surface area contributed by atoms with Gasteiger partial charge in [0.05, 0.1) is 13.7 Å². The van der Waals surface area contributed by atoms with Crippen molar-refractivity contribution in [2.24, 2.45) is 11.8 Å². The molecule has 0 radical (unpaired) electrons. The van der Waals surface area contributed by atoms with Crippen molar-refractivity contribution in [1.82, 2.24) is 0 Å². The van der Waals surface area contributed by atoms with Crippen molar-refractivity contribution < 1.29 is 18.3 Å². The molecule has 0 saturated heterocycles. The van der Waals surface area contributed by atoms with Crippen LogP contribution in [0.3, 0.4) is 0 Å². The molecule has 0 heterocycles. The molecule has 126 valence electrons. The summed E-state index contributed by atoms with van der Waals surface area (Å²) < 4.78 is 36.2. The third kappa shape index (κ3) is 6.63. The molecule has 1 saturated carbocycles. The SMILES string of the molecule is C=C(F)/C(=C\C=C(/CF)OC)OCC1CCC(CCC)CC1. The van der Waals surface area contributed by atoms with Crippen molar-refractivity contribution in [3.05, 3.63) is 36.1 Å². The second kappa shape index (κ2) is 10.4. The summed E-state index contributed by atoms with van der Waals surface area (Å²) in [5, 5.41) is 0. The molecule has 2 nitrogen and oxygen atoms in total. The van der Waals surface area contributed by atoms with Crippen molar-refractivity contribution in [2.75, 3.05) is 20.4 Å². The minimum Gasteiger partial charge on any atom is -0.498 e. The average Bonchev–Trinajstić information content (AvgIpc) is 2.52. The van der Waals surface area contributed by atoms with Crippen molar-refractivity contribution >= 4 is 0 Å². The summed E-state index contributed by atoms with van der Waals surface area (Å²) >= 11 is 0. The summed E-state index contributed by atoms with van der Waals surface area (Å²) in [6.07, 6.45) is 10.00. The molecule has 0 spiro atoms. The lowest BCUT2D eigenvalue weighted by Crippen LogP contribution is -2.18. The fourth-order valence-corrected chi connectivity index (χ4v) is 2.86. The molecule has 0 bridgehead atoms. The van der Waals surface area contributed by atoms with Gasteiger partial charge in [-0.15, -0.1) is 0 Å². The van der Waals surface area contributed by atoms with Gasteiger partial charge in [0.2, 0.25) is 0 Å². The molecule has 0 atom stereocenters. The van der Waals surface area contributed by atoms with Gasteiger partial charge in [-0.2, -0.15) is 0 Å². The van der Waals surface area contributed by atoms with Crippen molar-refractivity contribution in [1.29, 1.82) is 0 Å². The first-order valence-corrected chi connectivity index (χ1v) is 8.09. The van der Waals surface area contributed by atoms with Gasteiger partial charge in [0.25, 0.3) is 0 Å². The lowest BCUT2D eigenvalue weighted by atomic mass is 9.80. The highest BCUT2D eigenvalue weighted by atomic mass is 19.1. The number of halogens is 2. The van der Waals surface area contributed by atoms with Crippen LogP contribution in [0.25, 0.3) is 0 Å². The van der Waals surface area contributed by atoms with Crippen molar-refractivity contribution in [2.45, 2.75) is 45.4 Å². The predicted octanol–water partition coefficient (Wildman–Crippen LogP) is 5.48. The van der Waals surface area contributed by atoms with Gasteiger partial charge in [0.1, 0.15) is 12.4 Å². The average molecular weight is 314 g/mol. The quantitative estimate of drug-likeness (QED) is 0.414. The first-order valence-electron chi connectivity index (χ1n) is 8.09. The van der Waals surface area contributed by atoms with E-state index in [1.54, 1.807) is 0 Å². The molecule has 0 amide bonds. The Morgan fingerprint density at radius 1 is 1.18 bits per heavy atom. The molecule has 1 fully saturated rings. The van der Waals surface area contributed by atoms with Crippen LogP contribution in [0, 0.1) is 11.8 Å². The Bertz CT molecular complexity index is 388. The first kappa shape index (κ1) is 18.7. The largest absolute Gasteiger partial charge is 0.498 e. The highest BCUT2D eigenvalue weighted by Gasteiger charge is 2.21. The van der Waals surface area contributed by atoms with Gasteiger partial charge in [0.15, 0.2) is 11.6 Å². The number of alkyl halides is 1. The molecule has 0 unspecified atom stereocenters. The van der Waals surface area contributed by atoms with E-state index >= 15 is 0 Å². The first-order chi connectivity index (χ1) is 10.6. The van der Waals surface area contributed by atoms with Gasteiger partial charge >= 0.3 is 0 Å². The molecule has 0 aromatic carbocycles. The topological polar surface area (TPSA) is 18.5 Å². The lowest BCUT2D eigenvalue weighted by Gasteiger charge is -2.28. The summed E-state index contributed by atoms with van der Waals surface area (Å²) in [5.41, 5.74) is 0. The van der Waals surface area contributed by atoms with E-state index in [9.17, 15) is 8.78 Å². The molecule has 1 aliphatic rings. The van der Waals surface area contributed by atoms with Crippen LogP contribution in [-0.4, -0.2) is 20.4 Å². The molecule has 0 aromatic heterocycles. The highest BCUT2D eigenvalue weighted by Crippen LogP contribution is 2.32. The minimum absolute atomic E-state index is 0.0543. The molecule has 22 heavy (non-hydrogen) atoms. The normalized spacial score (nSPS) is 23.3. The summed E-state index contributed by atoms with van der Waals surface area (Å²) in [6.45, 7) is 5.23. The maximum Gasteiger partial charge on any atom is 0.157 e. The van der Waals surface area contributed by atoms with Gasteiger partial charge in [-0.3, -0.25) is 0 Å². The van der Waals surface area contributed by atoms with E-state index in [2.05, 4.69) is 13.5 Å². The van der Waals surface area contributed by atoms with E-state index in [1.165, 1.54) is 44.9 Å². The molecule has 1 aliphatic carbocycles. The van der Waals surface area contributed by atoms with Gasteiger partial charge < -0.3 is 9.47 Å². The zero-order chi connectivity index (χ0) is 16.4. The number of hydrogen-bond acceptors (Lipinski definition) is 2. The Morgan fingerprint density at radius 2 is 1.82 bits per heavy atom. The standard InChI is InChI=1S/C18H28F2O2/c1-4-5-15-6-8-16(9-7-15)13-22-18(14(2)20)11-10-17(12-19)21-3/h10-11,15-16H,2,4-9,12-13H2,1,3H3/b17-10+,18-11+. The van der Waals surface area contributed by atoms with Crippen LogP contribution in [0.2, 0.25) is 0 Å². The van der Waals surface area contributed by atoms with E-state index < -0.39 is 12.5 Å². The zero-order valence-electron chi connectivity index (χ0n) is 13.7. The molecule has 0 aliphatic heterocycles. The Balaban J connectivity index is 2.47. The summed E-state index contributed by atoms with van der Waals surface area (Å²) in [4.78, 5) is 0. The lowest BCUT2D eigenvalue weighted by molar-refractivity contribution is 0.126. The number of rotatable bonds is 9. The third-order valence-electron chi connectivity index (χ3n) is 4.22. The van der Waals surface area contributed by atoms with Gasteiger partial charge in [-0.05, 0) is 36.8 Å². The molecule has 0 N–H and O–H groups in total. The zero-order valence-corrected chi connectivity index (χ0v) is 13.7. The Labute approximate surface area is 132 Å². The molecule has 0 aromatic rings. The van der Waals surface area contributed by atoms with Crippen LogP contribution in [-0.2, 0) is 9.47 Å². The third-order valence-corrected chi connectivity index (χ3v) is 4.22. The van der Waals surface area contributed by atoms with Crippen LogP contribution in [0.4, 0.5) is 8.78 Å². The smallest absolute Gasteiger partial charge is 0.157 e. The summed E-state index contributed by atoms with van der Waals surface area (Å²) in [7, 11) is 1.37. The van der Waals surface area contributed by atoms with Crippen LogP contribution in [0.15, 0.2) is 36.1 Å². The van der Waals surface area contributed by atoms with Gasteiger partial charge in [-0.1, -0.05) is 39.2 Å². The Kier molecular flexibility index (Phi) is 8.86. The van der Waals surface area contributed by atoms with Gasteiger partial charge in [-0.25, -0.2) is 8.78 Å². The van der Waals surface area contributed by atoms with Crippen LogP contribution >= 0.6 is 0 Å². The Hall–Kier alpha value is -1.32. The van der Waals surface area contributed by atoms with Crippen LogP contribution < -0.4 is 0 Å². The van der Waals surface area contributed by atoms with E-state index in [0.29, 0.717) is 12.5 Å². The predicted molar refractivity (Wildman–Crippen MR) is 85.7 cm³/mol. The fourth-order valence-electron chi connectivity index (χ4n) is 2.86. The maximum atomic E-state index is 13.4. The monoisotopic (exact) mass is 314 g/mol. The number of methoxy groups -OCH3 is 1. The second-order valence-electron chi connectivity index (χ2n) is 5.89. The van der Waals surface area contributed by atoms with Crippen LogP contribution in [0.5, 0.6) is 0 Å². The second-order valence-corrected chi connectivity index (χ2v) is 5.89. The summed E-state index contributed by atoms with van der Waals surface area (Å²) in [6, 6.07) is 0. The van der Waals surface area contributed by atoms with E-state index in [4.69, 9.17) is 9.47 Å². The summed E-state index contributed by atoms with van der Waals surface area (Å²) in [5.74, 6) is 0.832. The molecule has 1 rings (SSSR count). The maximum absolute atomic E-state index is 13.4. The number of allylic oxidation sites excluding steroid dienone is 4. The molecule has 4 heteroatoms. The molecular formula is C18H28F2O2. The highest BCUT2D eigenvalue weighted by molar-refractivity contribution is 5.22. The van der Waals surface area contributed by atoms with Crippen molar-refractivity contribution in [3.63, 3.8) is 0 Å². The number of hydrogen-bond donors (Lipinski definition) is 0. The minimum atomic E-state index is -0.736. The van der Waals surface area contributed by atoms with E-state index in [0.717, 1.165) is 18.8 Å². The fraction of sp³-hybridized carbons (Fsp3) is 0.667. The van der Waals surface area contributed by atoms with Crippen LogP contribution in [0.1, 0.15) is 45.4 Å². The van der Waals surface area contributed by atoms with Gasteiger partial charge in [0, 0.05) is 0 Å².